The van der Waals surface area contributed by atoms with Crippen LogP contribution in [0.5, 0.6) is 11.5 Å². The molecule has 0 aliphatic carbocycles. The van der Waals surface area contributed by atoms with Crippen molar-refractivity contribution in [2.45, 2.75) is 12.8 Å². The summed E-state index contributed by atoms with van der Waals surface area (Å²) in [6.07, 6.45) is -3.99. The average Bonchev–Trinajstić information content (AvgIpc) is 2.67. The summed E-state index contributed by atoms with van der Waals surface area (Å²) in [5, 5.41) is 2.10. The summed E-state index contributed by atoms with van der Waals surface area (Å²) < 4.78 is 49.3. The molecule has 0 saturated carbocycles. The first-order valence-corrected chi connectivity index (χ1v) is 8.46. The number of hydrogen-bond acceptors (Lipinski definition) is 5. The number of benzene rings is 2. The molecule has 1 aromatic heterocycles. The van der Waals surface area contributed by atoms with Crippen molar-refractivity contribution < 1.29 is 22.6 Å². The molecule has 0 aliphatic rings. The zero-order valence-corrected chi connectivity index (χ0v) is 15.4. The largest absolute Gasteiger partial charge is 0.494 e. The predicted molar refractivity (Wildman–Crippen MR) is 99.1 cm³/mol. The van der Waals surface area contributed by atoms with Gasteiger partial charge in [-0.25, -0.2) is 9.97 Å². The molecule has 28 heavy (non-hydrogen) atoms. The van der Waals surface area contributed by atoms with E-state index in [1.54, 1.807) is 18.2 Å². The quantitative estimate of drug-likeness (QED) is 0.546. The first kappa shape index (κ1) is 19.8. The van der Waals surface area contributed by atoms with E-state index in [0.717, 1.165) is 5.56 Å². The molecule has 5 nitrogen and oxygen atoms in total. The number of aromatic nitrogens is 2. The molecule has 0 fully saturated rings. The molecule has 3 aromatic rings. The topological polar surface area (TPSA) is 56.3 Å². The van der Waals surface area contributed by atoms with Gasteiger partial charge in [-0.2, -0.15) is 13.2 Å². The van der Waals surface area contributed by atoms with Crippen molar-refractivity contribution in [2.24, 2.45) is 0 Å². The van der Waals surface area contributed by atoms with Gasteiger partial charge < -0.3 is 14.8 Å². The van der Waals surface area contributed by atoms with Crippen LogP contribution < -0.4 is 14.8 Å². The second-order valence-electron chi connectivity index (χ2n) is 5.66. The highest BCUT2D eigenvalue weighted by Gasteiger charge is 2.34. The molecule has 0 spiro atoms. The van der Waals surface area contributed by atoms with Gasteiger partial charge in [-0.3, -0.25) is 0 Å². The summed E-state index contributed by atoms with van der Waals surface area (Å²) in [6.45, 7) is 0.383. The minimum Gasteiger partial charge on any atom is -0.494 e. The lowest BCUT2D eigenvalue weighted by atomic mass is 10.2. The van der Waals surface area contributed by atoms with Crippen LogP contribution in [0.1, 0.15) is 11.1 Å². The van der Waals surface area contributed by atoms with Gasteiger partial charge in [0.2, 0.25) is 5.95 Å². The Bertz CT molecular complexity index is 953. The molecule has 0 unspecified atom stereocenters. The van der Waals surface area contributed by atoms with Gasteiger partial charge in [-0.15, -0.1) is 0 Å². The summed E-state index contributed by atoms with van der Waals surface area (Å²) in [6, 6.07) is 14.6. The Morgan fingerprint density at radius 3 is 2.50 bits per heavy atom. The Morgan fingerprint density at radius 1 is 1.11 bits per heavy atom. The highest BCUT2D eigenvalue weighted by Crippen LogP contribution is 2.35. The zero-order chi connectivity index (χ0) is 20.1. The van der Waals surface area contributed by atoms with Gasteiger partial charge in [0, 0.05) is 12.3 Å². The van der Waals surface area contributed by atoms with Crippen molar-refractivity contribution >= 4 is 23.2 Å². The van der Waals surface area contributed by atoms with Crippen molar-refractivity contribution in [2.75, 3.05) is 12.4 Å². The van der Waals surface area contributed by atoms with Gasteiger partial charge in [-0.1, -0.05) is 41.9 Å². The fraction of sp³-hybridized carbons (Fsp3) is 0.158. The van der Waals surface area contributed by atoms with E-state index in [1.165, 1.54) is 7.11 Å². The van der Waals surface area contributed by atoms with Gasteiger partial charge in [0.05, 0.1) is 12.8 Å². The van der Waals surface area contributed by atoms with E-state index in [1.807, 2.05) is 30.3 Å². The average molecular weight is 410 g/mol. The van der Waals surface area contributed by atoms with Crippen LogP contribution >= 0.6 is 11.6 Å². The van der Waals surface area contributed by atoms with Gasteiger partial charge >= 0.3 is 6.18 Å². The number of anilines is 2. The van der Waals surface area contributed by atoms with E-state index in [2.05, 4.69) is 15.3 Å². The van der Waals surface area contributed by atoms with E-state index < -0.39 is 16.9 Å². The second kappa shape index (κ2) is 8.35. The number of halogens is 4. The van der Waals surface area contributed by atoms with Crippen molar-refractivity contribution in [3.05, 3.63) is 71.0 Å². The SMILES string of the molecule is COc1cc(OCc2ccccc2)ccc1Nc1ncc(C(F)(F)F)c(Cl)n1. The third-order valence-electron chi connectivity index (χ3n) is 3.72. The van der Waals surface area contributed by atoms with E-state index in [-0.39, 0.29) is 5.95 Å². The molecule has 0 saturated heterocycles. The van der Waals surface area contributed by atoms with Gasteiger partial charge in [0.25, 0.3) is 0 Å². The lowest BCUT2D eigenvalue weighted by Crippen LogP contribution is -2.09. The number of ether oxygens (including phenoxy) is 2. The standard InChI is InChI=1S/C19H15ClF3N3O2/c1-27-16-9-13(28-11-12-5-3-2-4-6-12)7-8-15(16)25-18-24-10-14(17(20)26-18)19(21,22)23/h2-10H,11H2,1H3,(H,24,25,26). The first-order valence-electron chi connectivity index (χ1n) is 8.08. The number of nitrogens with one attached hydrogen (secondary N) is 1. The van der Waals surface area contributed by atoms with Crippen molar-refractivity contribution in [1.29, 1.82) is 0 Å². The highest BCUT2D eigenvalue weighted by atomic mass is 35.5. The van der Waals surface area contributed by atoms with Crippen LogP contribution in [-0.4, -0.2) is 17.1 Å². The summed E-state index contributed by atoms with van der Waals surface area (Å²) in [7, 11) is 1.46. The van der Waals surface area contributed by atoms with Crippen LogP contribution in [0.25, 0.3) is 0 Å². The van der Waals surface area contributed by atoms with E-state index in [4.69, 9.17) is 21.1 Å². The minimum absolute atomic E-state index is 0.0887. The molecular weight excluding hydrogens is 395 g/mol. The van der Waals surface area contributed by atoms with Crippen LogP contribution in [0.2, 0.25) is 5.15 Å². The monoisotopic (exact) mass is 409 g/mol. The lowest BCUT2D eigenvalue weighted by Gasteiger charge is -2.14. The van der Waals surface area contributed by atoms with Crippen LogP contribution in [0, 0.1) is 0 Å². The summed E-state index contributed by atoms with van der Waals surface area (Å²) in [5.41, 5.74) is 0.359. The van der Waals surface area contributed by atoms with E-state index in [9.17, 15) is 13.2 Å². The van der Waals surface area contributed by atoms with E-state index in [0.29, 0.717) is 30.0 Å². The zero-order valence-electron chi connectivity index (χ0n) is 14.6. The van der Waals surface area contributed by atoms with Gasteiger partial charge in [0.1, 0.15) is 28.8 Å². The molecule has 0 atom stereocenters. The Kier molecular flexibility index (Phi) is 5.89. The fourth-order valence-corrected chi connectivity index (χ4v) is 2.57. The van der Waals surface area contributed by atoms with Crippen molar-refractivity contribution in [3.8, 4) is 11.5 Å². The Labute approximate surface area is 164 Å². The molecule has 0 radical (unpaired) electrons. The van der Waals surface area contributed by atoms with Crippen LogP contribution in [0.15, 0.2) is 54.7 Å². The van der Waals surface area contributed by atoms with Gasteiger partial charge in [-0.05, 0) is 17.7 Å². The number of alkyl halides is 3. The fourth-order valence-electron chi connectivity index (χ4n) is 2.34. The van der Waals surface area contributed by atoms with E-state index >= 15 is 0 Å². The van der Waals surface area contributed by atoms with Crippen LogP contribution in [0.3, 0.4) is 0 Å². The number of nitrogens with zero attached hydrogens (tertiary/aromatic N) is 2. The Morgan fingerprint density at radius 2 is 1.86 bits per heavy atom. The highest BCUT2D eigenvalue weighted by molar-refractivity contribution is 6.30. The van der Waals surface area contributed by atoms with Crippen LogP contribution in [0.4, 0.5) is 24.8 Å². The van der Waals surface area contributed by atoms with Crippen LogP contribution in [-0.2, 0) is 12.8 Å². The van der Waals surface area contributed by atoms with Crippen molar-refractivity contribution in [1.82, 2.24) is 9.97 Å². The summed E-state index contributed by atoms with van der Waals surface area (Å²) in [5.74, 6) is 0.886. The summed E-state index contributed by atoms with van der Waals surface area (Å²) >= 11 is 5.62. The molecule has 9 heteroatoms. The second-order valence-corrected chi connectivity index (χ2v) is 6.02. The lowest BCUT2D eigenvalue weighted by molar-refractivity contribution is -0.137. The number of hydrogen-bond donors (Lipinski definition) is 1. The normalized spacial score (nSPS) is 11.2. The first-order chi connectivity index (χ1) is 13.4. The molecule has 2 aromatic carbocycles. The number of rotatable bonds is 6. The maximum absolute atomic E-state index is 12.7. The third-order valence-corrected chi connectivity index (χ3v) is 4.00. The molecule has 146 valence electrons. The predicted octanol–water partition coefficient (Wildman–Crippen LogP) is 5.48. The molecular formula is C19H15ClF3N3O2. The van der Waals surface area contributed by atoms with Crippen molar-refractivity contribution in [3.63, 3.8) is 0 Å². The Hall–Kier alpha value is -3.00. The maximum atomic E-state index is 12.7. The third kappa shape index (κ3) is 4.83. The molecule has 0 aliphatic heterocycles. The molecule has 3 rings (SSSR count). The Balaban J connectivity index is 1.75. The number of methoxy groups -OCH3 is 1. The summed E-state index contributed by atoms with van der Waals surface area (Å²) in [4.78, 5) is 7.31. The molecule has 0 bridgehead atoms. The molecule has 1 N–H and O–H groups in total. The smallest absolute Gasteiger partial charge is 0.420 e. The molecule has 0 amide bonds. The van der Waals surface area contributed by atoms with Gasteiger partial charge in [0.15, 0.2) is 0 Å². The maximum Gasteiger partial charge on any atom is 0.420 e. The minimum atomic E-state index is -4.62. The molecule has 1 heterocycles.